The van der Waals surface area contributed by atoms with Crippen LogP contribution in [-0.4, -0.2) is 19.7 Å². The van der Waals surface area contributed by atoms with E-state index in [0.717, 1.165) is 11.0 Å². The van der Waals surface area contributed by atoms with E-state index in [1.807, 2.05) is 24.3 Å². The van der Waals surface area contributed by atoms with Crippen LogP contribution in [0.1, 0.15) is 0 Å². The van der Waals surface area contributed by atoms with E-state index >= 15 is 0 Å². The first kappa shape index (κ1) is 41.0. The van der Waals surface area contributed by atoms with Crippen molar-refractivity contribution in [1.82, 2.24) is 14.8 Å². The van der Waals surface area contributed by atoms with Gasteiger partial charge < -0.3 is 0 Å². The molecule has 0 radical (unpaired) electrons. The molecule has 28 heteroatoms. The second-order valence-electron chi connectivity index (χ2n) is 5.01. The number of hydrogen-bond acceptors (Lipinski definition) is 3. The smallest absolute Gasteiger partial charge is 0.230 e. The first-order chi connectivity index (χ1) is 12.8. The molecule has 0 saturated heterocycles. The normalized spacial score (nSPS) is 18.1. The Labute approximate surface area is 183 Å². The Hall–Kier alpha value is -0.100. The third-order valence-corrected chi connectivity index (χ3v) is 2.09. The Bertz CT molecular complexity index is 827. The predicted molar refractivity (Wildman–Crippen MR) is 111 cm³/mol. The van der Waals surface area contributed by atoms with Gasteiger partial charge in [-0.3, -0.25) is 0 Å². The average Bonchev–Trinajstić information content (AvgIpc) is 2.69. The summed E-state index contributed by atoms with van der Waals surface area (Å²) in [6.07, 6.45) is 0. The molecule has 1 aromatic heterocycles. The van der Waals surface area contributed by atoms with Crippen molar-refractivity contribution < 1.29 is 80.4 Å². The molecule has 34 heavy (non-hydrogen) atoms. The van der Waals surface area contributed by atoms with Crippen LogP contribution in [0.2, 0.25) is 0 Å². The molecule has 0 aliphatic rings. The van der Waals surface area contributed by atoms with Crippen LogP contribution < -0.4 is 0 Å². The van der Waals surface area contributed by atoms with Crippen LogP contribution in [0.15, 0.2) is 24.3 Å². The maximum absolute atomic E-state index is 10.7. The van der Waals surface area contributed by atoms with Gasteiger partial charge in [0.15, 0.2) is 0 Å². The molecule has 3 atom stereocenters. The van der Waals surface area contributed by atoms with Crippen LogP contribution >= 0.6 is 52.2 Å². The number of para-hydroxylation sites is 1. The topological polar surface area (TPSA) is 50.9 Å². The molecule has 3 unspecified atom stereocenters. The molecule has 0 fully saturated rings. The summed E-state index contributed by atoms with van der Waals surface area (Å²) in [5.74, 6) is 0. The maximum atomic E-state index is 9.87. The van der Waals surface area contributed by atoms with E-state index in [9.17, 15) is 75.5 Å². The van der Waals surface area contributed by atoms with Gasteiger partial charge in [0, 0.05) is 0 Å². The summed E-state index contributed by atoms with van der Waals surface area (Å²) < 4.78 is 179. The maximum Gasteiger partial charge on any atom is 0.235 e. The van der Waals surface area contributed by atoms with Crippen molar-refractivity contribution in [2.45, 2.75) is 0 Å². The molecule has 1 heterocycles. The second-order valence-corrected chi connectivity index (χ2v) is 11.5. The molecule has 0 bridgehead atoms. The average molecular weight is 673 g/mol. The number of hydrogen-bond donors (Lipinski definition) is 1. The van der Waals surface area contributed by atoms with E-state index in [-0.39, 0.29) is 19.8 Å². The minimum Gasteiger partial charge on any atom is -0.230 e. The molecule has 0 aliphatic heterocycles. The first-order valence-electron chi connectivity index (χ1n) is 6.23. The van der Waals surface area contributed by atoms with Crippen molar-refractivity contribution in [2.24, 2.45) is 0 Å². The van der Waals surface area contributed by atoms with Gasteiger partial charge in [-0.05, 0) is 37.1 Å². The summed E-state index contributed by atoms with van der Waals surface area (Å²) in [5.41, 5.74) is 1.72. The van der Waals surface area contributed by atoms with Crippen molar-refractivity contribution in [3.63, 3.8) is 0 Å². The number of rotatable bonds is 1. The van der Waals surface area contributed by atoms with Gasteiger partial charge in [0.05, 0.1) is 0 Å². The van der Waals surface area contributed by atoms with E-state index in [0.29, 0.717) is 0 Å². The van der Waals surface area contributed by atoms with Crippen LogP contribution in [0.25, 0.3) is 11.0 Å². The fourth-order valence-corrected chi connectivity index (χ4v) is 1.41. The summed E-state index contributed by atoms with van der Waals surface area (Å²) in [4.78, 5) is 8.87. The van der Waals surface area contributed by atoms with E-state index < -0.39 is 32.4 Å². The van der Waals surface area contributed by atoms with Gasteiger partial charge in [-0.15, -0.1) is 5.10 Å². The number of aromatic nitrogens is 3. The minimum atomic E-state index is -10.7. The van der Waals surface area contributed by atoms with Crippen LogP contribution in [0.5, 0.6) is 0 Å². The Morgan fingerprint density at radius 2 is 0.853 bits per heavy atom. The fourth-order valence-electron chi connectivity index (χ4n) is 0.972. The molecular formula is C6H15F18N3OP6. The number of nitrogens with zero attached hydrogens (tertiary/aromatic N) is 3. The Balaban J connectivity index is -0.000000178. The zero-order valence-electron chi connectivity index (χ0n) is 15.8. The third kappa shape index (κ3) is 63.5. The summed E-state index contributed by atoms with van der Waals surface area (Å²) in [5, 5.41) is 7.63. The van der Waals surface area contributed by atoms with Crippen LogP contribution in [0.3, 0.4) is 0 Å². The molecule has 4 nitrogen and oxygen atoms in total. The van der Waals surface area contributed by atoms with Gasteiger partial charge in [-0.1, -0.05) is 16.6 Å². The Kier molecular flexibility index (Phi) is 10.9. The molecule has 2 rings (SSSR count). The zero-order chi connectivity index (χ0) is 26.9. The Morgan fingerprint density at radius 3 is 1.12 bits per heavy atom. The largest absolute Gasteiger partial charge is 0.235 e. The van der Waals surface area contributed by atoms with Gasteiger partial charge >= 0.3 is 99.0 Å². The molecule has 0 aliphatic carbocycles. The first-order valence-corrected chi connectivity index (χ1v) is 13.4. The molecule has 1 aromatic carbocycles. The molecule has 0 amide bonds. The van der Waals surface area contributed by atoms with Crippen molar-refractivity contribution in [3.05, 3.63) is 24.3 Å². The SMILES string of the molecule is F[P-](F)(F)(F)(F)F.F[P-](F)(F)(F)(F)F.F[P-](F)(F)(F)(F)F.O[PH2+]n1nnc2ccccc21.[PH4+].[PH4+]. The monoisotopic (exact) mass is 673 g/mol. The van der Waals surface area contributed by atoms with Gasteiger partial charge in [0.2, 0.25) is 8.96 Å². The zero-order valence-corrected chi connectivity index (χ0v) is 23.7. The van der Waals surface area contributed by atoms with E-state index in [1.165, 1.54) is 4.45 Å². The quantitative estimate of drug-likeness (QED) is 0.242. The Morgan fingerprint density at radius 1 is 0.588 bits per heavy atom. The molecule has 2 aromatic rings. The fraction of sp³-hybridized carbons (Fsp3) is 0. The summed E-state index contributed by atoms with van der Waals surface area (Å²) in [6, 6.07) is 7.55. The van der Waals surface area contributed by atoms with E-state index in [2.05, 4.69) is 10.3 Å². The second kappa shape index (κ2) is 9.03. The van der Waals surface area contributed by atoms with Crippen molar-refractivity contribution in [3.8, 4) is 0 Å². The minimum absolute atomic E-state index is 0. The summed E-state index contributed by atoms with van der Waals surface area (Å²) in [6.45, 7) is 0. The molecule has 0 spiro atoms. The van der Waals surface area contributed by atoms with Gasteiger partial charge in [0.25, 0.3) is 0 Å². The predicted octanol–water partition coefficient (Wildman–Crippen LogP) is 10.2. The summed E-state index contributed by atoms with van der Waals surface area (Å²) >= 11 is 0. The standard InChI is InChI=1S/C6H6N3OP.3F6P.2H3P/c10-11-9-6-4-2-1-3-5(6)7-8-9;3*1-7(2,3,4,5)6;;/h1-4,10-11H;;;;2*1H3/q;3*-1;;/p+3. The van der Waals surface area contributed by atoms with Crippen molar-refractivity contribution in [1.29, 1.82) is 0 Å². The summed E-state index contributed by atoms with van der Waals surface area (Å²) in [7, 11) is -32.8. The molecule has 216 valence electrons. The van der Waals surface area contributed by atoms with Gasteiger partial charge in [0.1, 0.15) is 11.0 Å². The number of benzene rings is 1. The van der Waals surface area contributed by atoms with E-state index in [1.54, 1.807) is 0 Å². The number of fused-ring (bicyclic) bond motifs is 1. The van der Waals surface area contributed by atoms with Crippen LogP contribution in [0.4, 0.5) is 75.5 Å². The molecule has 1 N–H and O–H groups in total. The number of halogens is 18. The van der Waals surface area contributed by atoms with E-state index in [4.69, 9.17) is 4.89 Å². The van der Waals surface area contributed by atoms with Gasteiger partial charge in [-0.2, -0.15) is 0 Å². The molecule has 0 saturated carbocycles. The van der Waals surface area contributed by atoms with Crippen molar-refractivity contribution >= 4 is 63.2 Å². The van der Waals surface area contributed by atoms with Crippen LogP contribution in [-0.2, 0) is 0 Å². The molecular weight excluding hydrogens is 658 g/mol. The van der Waals surface area contributed by atoms with Crippen LogP contribution in [0, 0.1) is 0 Å². The van der Waals surface area contributed by atoms with Crippen molar-refractivity contribution in [2.75, 3.05) is 0 Å². The van der Waals surface area contributed by atoms with Gasteiger partial charge in [-0.25, -0.2) is 4.89 Å². The third-order valence-electron chi connectivity index (χ3n) is 1.49.